The van der Waals surface area contributed by atoms with E-state index < -0.39 is 0 Å². The van der Waals surface area contributed by atoms with Crippen molar-refractivity contribution in [1.29, 1.82) is 0 Å². The maximum atomic E-state index is 12.7. The summed E-state index contributed by atoms with van der Waals surface area (Å²) in [6.45, 7) is 0. The maximum absolute atomic E-state index is 12.7. The molecule has 1 heterocycles. The van der Waals surface area contributed by atoms with E-state index in [1.54, 1.807) is 6.07 Å². The molecule has 1 amide bonds. The molecule has 5 heteroatoms. The zero-order valence-corrected chi connectivity index (χ0v) is 15.8. The van der Waals surface area contributed by atoms with E-state index >= 15 is 0 Å². The first-order chi connectivity index (χ1) is 13.8. The summed E-state index contributed by atoms with van der Waals surface area (Å²) in [6.07, 6.45) is 3.89. The number of benzene rings is 3. The quantitative estimate of drug-likeness (QED) is 0.430. The zero-order valence-electron chi connectivity index (χ0n) is 15.0. The number of nitrogens with zero attached hydrogens (tertiary/aromatic N) is 1. The second-order valence-electron chi connectivity index (χ2n) is 6.32. The molecule has 0 bridgehead atoms. The molecule has 4 nitrogen and oxygen atoms in total. The van der Waals surface area contributed by atoms with Gasteiger partial charge < -0.3 is 5.32 Å². The number of alkyl halides is 1. The van der Waals surface area contributed by atoms with Crippen LogP contribution in [0.5, 0.6) is 0 Å². The summed E-state index contributed by atoms with van der Waals surface area (Å²) in [6, 6.07) is 23.0. The number of hydrogen-bond donors (Lipinski definition) is 2. The number of anilines is 1. The lowest BCUT2D eigenvalue weighted by molar-refractivity contribution is 0.102. The van der Waals surface area contributed by atoms with E-state index in [2.05, 4.69) is 15.5 Å². The molecular weight excluding hydrogens is 370 g/mol. The van der Waals surface area contributed by atoms with Gasteiger partial charge in [-0.05, 0) is 35.4 Å². The molecular formula is C23H18ClN3O. The highest BCUT2D eigenvalue weighted by Gasteiger charge is 2.12. The van der Waals surface area contributed by atoms with Gasteiger partial charge in [0.15, 0.2) is 0 Å². The lowest BCUT2D eigenvalue weighted by Gasteiger charge is -2.10. The number of aromatic nitrogens is 2. The van der Waals surface area contributed by atoms with Crippen molar-refractivity contribution in [2.75, 3.05) is 5.32 Å². The summed E-state index contributed by atoms with van der Waals surface area (Å²) in [5.74, 6) is 0.111. The second kappa shape index (κ2) is 8.11. The number of hydrogen-bond acceptors (Lipinski definition) is 2. The van der Waals surface area contributed by atoms with E-state index in [4.69, 9.17) is 11.6 Å². The number of aromatic amines is 1. The van der Waals surface area contributed by atoms with E-state index in [1.165, 1.54) is 0 Å². The van der Waals surface area contributed by atoms with Gasteiger partial charge in [0, 0.05) is 22.5 Å². The fraction of sp³-hybridized carbons (Fsp3) is 0.0435. The third-order valence-electron chi connectivity index (χ3n) is 4.54. The Morgan fingerprint density at radius 2 is 1.71 bits per heavy atom. The van der Waals surface area contributed by atoms with Crippen molar-refractivity contribution in [2.45, 2.75) is 5.88 Å². The fourth-order valence-electron chi connectivity index (χ4n) is 3.08. The number of carbonyl (C=O) groups is 1. The number of fused-ring (bicyclic) bond motifs is 1. The van der Waals surface area contributed by atoms with Gasteiger partial charge in [0.05, 0.1) is 11.2 Å². The summed E-state index contributed by atoms with van der Waals surface area (Å²) >= 11 is 5.96. The van der Waals surface area contributed by atoms with Crippen LogP contribution in [-0.4, -0.2) is 16.1 Å². The average molecular weight is 388 g/mol. The van der Waals surface area contributed by atoms with E-state index in [0.717, 1.165) is 33.4 Å². The minimum Gasteiger partial charge on any atom is -0.321 e. The van der Waals surface area contributed by atoms with Crippen molar-refractivity contribution in [3.8, 4) is 0 Å². The number of halogens is 1. The molecule has 1 aromatic heterocycles. The van der Waals surface area contributed by atoms with Crippen LogP contribution in [0, 0.1) is 0 Å². The van der Waals surface area contributed by atoms with Crippen LogP contribution in [0.4, 0.5) is 5.69 Å². The van der Waals surface area contributed by atoms with Gasteiger partial charge in [0.2, 0.25) is 0 Å². The average Bonchev–Trinajstić information content (AvgIpc) is 3.16. The normalized spacial score (nSPS) is 11.2. The summed E-state index contributed by atoms with van der Waals surface area (Å²) < 4.78 is 0. The van der Waals surface area contributed by atoms with Crippen LogP contribution < -0.4 is 5.32 Å². The monoisotopic (exact) mass is 387 g/mol. The summed E-state index contributed by atoms with van der Waals surface area (Å²) in [4.78, 5) is 12.7. The van der Waals surface area contributed by atoms with Crippen LogP contribution in [0.1, 0.15) is 27.2 Å². The van der Waals surface area contributed by atoms with Crippen LogP contribution in [0.3, 0.4) is 0 Å². The van der Waals surface area contributed by atoms with Gasteiger partial charge in [0.25, 0.3) is 5.91 Å². The summed E-state index contributed by atoms with van der Waals surface area (Å²) in [5, 5.41) is 11.4. The Balaban J connectivity index is 1.61. The van der Waals surface area contributed by atoms with E-state index in [0.29, 0.717) is 5.56 Å². The molecule has 0 unspecified atom stereocenters. The largest absolute Gasteiger partial charge is 0.321 e. The number of nitrogens with one attached hydrogen (secondary N) is 2. The Kier molecular flexibility index (Phi) is 5.22. The van der Waals surface area contributed by atoms with Crippen molar-refractivity contribution in [3.05, 3.63) is 95.2 Å². The number of carbonyl (C=O) groups excluding carboxylic acids is 1. The topological polar surface area (TPSA) is 57.8 Å². The van der Waals surface area contributed by atoms with E-state index in [1.807, 2.05) is 78.9 Å². The number of amides is 1. The van der Waals surface area contributed by atoms with E-state index in [-0.39, 0.29) is 11.8 Å². The molecule has 0 aliphatic heterocycles. The molecule has 28 heavy (non-hydrogen) atoms. The number of H-pyrrole nitrogens is 1. The van der Waals surface area contributed by atoms with Gasteiger partial charge in [-0.3, -0.25) is 9.89 Å². The van der Waals surface area contributed by atoms with Gasteiger partial charge in [-0.25, -0.2) is 0 Å². The molecule has 0 radical (unpaired) electrons. The van der Waals surface area contributed by atoms with Gasteiger partial charge >= 0.3 is 0 Å². The zero-order chi connectivity index (χ0) is 19.3. The molecule has 4 aromatic rings. The third kappa shape index (κ3) is 3.68. The minimum atomic E-state index is -0.178. The Morgan fingerprint density at radius 1 is 0.964 bits per heavy atom. The van der Waals surface area contributed by atoms with Gasteiger partial charge in [-0.15, -0.1) is 11.6 Å². The highest BCUT2D eigenvalue weighted by atomic mass is 35.5. The van der Waals surface area contributed by atoms with Crippen LogP contribution in [0.25, 0.3) is 23.1 Å². The number of para-hydroxylation sites is 2. The molecule has 0 aliphatic carbocycles. The second-order valence-corrected chi connectivity index (χ2v) is 6.59. The highest BCUT2D eigenvalue weighted by Crippen LogP contribution is 2.22. The van der Waals surface area contributed by atoms with Crippen molar-refractivity contribution in [3.63, 3.8) is 0 Å². The molecule has 2 N–H and O–H groups in total. The third-order valence-corrected chi connectivity index (χ3v) is 4.82. The Labute approximate surface area is 167 Å². The summed E-state index contributed by atoms with van der Waals surface area (Å²) in [7, 11) is 0. The molecule has 0 fully saturated rings. The fourth-order valence-corrected chi connectivity index (χ4v) is 3.32. The van der Waals surface area contributed by atoms with Crippen LogP contribution >= 0.6 is 11.6 Å². The minimum absolute atomic E-state index is 0.178. The molecule has 0 aliphatic rings. The van der Waals surface area contributed by atoms with Crippen molar-refractivity contribution in [2.24, 2.45) is 0 Å². The molecule has 3 aromatic carbocycles. The Morgan fingerprint density at radius 3 is 2.61 bits per heavy atom. The molecule has 0 saturated carbocycles. The van der Waals surface area contributed by atoms with Gasteiger partial charge in [-0.1, -0.05) is 60.7 Å². The SMILES string of the molecule is O=C(Nc1ccccc1C=Cc1n[nH]c2ccccc12)c1ccccc1CCl. The smallest absolute Gasteiger partial charge is 0.255 e. The van der Waals surface area contributed by atoms with Crippen LogP contribution in [-0.2, 0) is 5.88 Å². The lowest BCUT2D eigenvalue weighted by atomic mass is 10.1. The van der Waals surface area contributed by atoms with Crippen LogP contribution in [0.2, 0.25) is 0 Å². The van der Waals surface area contributed by atoms with Crippen molar-refractivity contribution in [1.82, 2.24) is 10.2 Å². The predicted octanol–water partition coefficient (Wildman–Crippen LogP) is 5.72. The first kappa shape index (κ1) is 18.0. The number of rotatable bonds is 5. The van der Waals surface area contributed by atoms with Crippen molar-refractivity contribution >= 4 is 46.3 Å². The summed E-state index contributed by atoms with van der Waals surface area (Å²) in [5.41, 5.74) is 4.84. The highest BCUT2D eigenvalue weighted by molar-refractivity contribution is 6.18. The van der Waals surface area contributed by atoms with E-state index in [9.17, 15) is 4.79 Å². The lowest BCUT2D eigenvalue weighted by Crippen LogP contribution is -2.14. The molecule has 138 valence electrons. The van der Waals surface area contributed by atoms with Gasteiger partial charge in [-0.2, -0.15) is 5.10 Å². The Bertz CT molecular complexity index is 1160. The molecule has 0 saturated heterocycles. The van der Waals surface area contributed by atoms with Crippen LogP contribution in [0.15, 0.2) is 72.8 Å². The Hall–Kier alpha value is -3.37. The first-order valence-corrected chi connectivity index (χ1v) is 9.45. The van der Waals surface area contributed by atoms with Crippen molar-refractivity contribution < 1.29 is 4.79 Å². The molecule has 0 atom stereocenters. The molecule has 4 rings (SSSR count). The van der Waals surface area contributed by atoms with Gasteiger partial charge in [0.1, 0.15) is 0 Å². The standard InChI is InChI=1S/C23H18ClN3O/c24-15-17-8-1-3-9-18(17)23(28)25-20-11-5-2-7-16(20)13-14-22-19-10-4-6-12-21(19)26-27-22/h1-14H,15H2,(H,25,28)(H,26,27). The predicted molar refractivity (Wildman–Crippen MR) is 115 cm³/mol. The maximum Gasteiger partial charge on any atom is 0.255 e. The first-order valence-electron chi connectivity index (χ1n) is 8.91. The molecule has 0 spiro atoms.